The second kappa shape index (κ2) is 7.64. The third-order valence-corrected chi connectivity index (χ3v) is 5.28. The molecule has 0 spiro atoms. The van der Waals surface area contributed by atoms with Crippen LogP contribution < -0.4 is 5.32 Å². The number of benzene rings is 2. The standard InChI is InChI=1S/C17H13ClN2OS2/c18-13-6-8-14(9-7-13)19-16(21)11-23-17-20-15(10-22-17)12-4-2-1-3-5-12/h1-10H,11H2,(H,19,21). The summed E-state index contributed by atoms with van der Waals surface area (Å²) in [4.78, 5) is 16.5. The number of halogens is 1. The maximum absolute atomic E-state index is 12.0. The highest BCUT2D eigenvalue weighted by Crippen LogP contribution is 2.28. The van der Waals surface area contributed by atoms with Gasteiger partial charge in [0.05, 0.1) is 11.4 Å². The van der Waals surface area contributed by atoms with Crippen molar-refractivity contribution in [1.29, 1.82) is 0 Å². The normalized spacial score (nSPS) is 10.5. The van der Waals surface area contributed by atoms with Gasteiger partial charge in [0.25, 0.3) is 0 Å². The Morgan fingerprint density at radius 3 is 2.61 bits per heavy atom. The van der Waals surface area contributed by atoms with E-state index in [9.17, 15) is 4.79 Å². The van der Waals surface area contributed by atoms with Crippen LogP contribution in [0, 0.1) is 0 Å². The lowest BCUT2D eigenvalue weighted by Gasteiger charge is -2.04. The van der Waals surface area contributed by atoms with Crippen LogP contribution in [-0.4, -0.2) is 16.6 Å². The van der Waals surface area contributed by atoms with Gasteiger partial charge in [0.2, 0.25) is 5.91 Å². The zero-order valence-corrected chi connectivity index (χ0v) is 14.4. The molecule has 1 aromatic heterocycles. The van der Waals surface area contributed by atoms with Crippen LogP contribution in [0.2, 0.25) is 5.02 Å². The van der Waals surface area contributed by atoms with Crippen molar-refractivity contribution in [3.05, 3.63) is 65.0 Å². The van der Waals surface area contributed by atoms with Crippen molar-refractivity contribution in [1.82, 2.24) is 4.98 Å². The Balaban J connectivity index is 1.55. The van der Waals surface area contributed by atoms with Gasteiger partial charge in [-0.25, -0.2) is 4.98 Å². The molecule has 116 valence electrons. The van der Waals surface area contributed by atoms with Crippen molar-refractivity contribution in [2.45, 2.75) is 4.34 Å². The van der Waals surface area contributed by atoms with Crippen molar-refractivity contribution >= 4 is 46.3 Å². The quantitative estimate of drug-likeness (QED) is 0.636. The van der Waals surface area contributed by atoms with Crippen molar-refractivity contribution in [3.63, 3.8) is 0 Å². The molecule has 0 unspecified atom stereocenters. The monoisotopic (exact) mass is 360 g/mol. The molecule has 0 atom stereocenters. The lowest BCUT2D eigenvalue weighted by molar-refractivity contribution is -0.113. The summed E-state index contributed by atoms with van der Waals surface area (Å²) in [5.41, 5.74) is 2.77. The number of rotatable bonds is 5. The van der Waals surface area contributed by atoms with E-state index in [4.69, 9.17) is 11.6 Å². The van der Waals surface area contributed by atoms with E-state index in [1.165, 1.54) is 11.8 Å². The highest BCUT2D eigenvalue weighted by molar-refractivity contribution is 8.01. The largest absolute Gasteiger partial charge is 0.325 e. The molecule has 1 amide bonds. The molecule has 23 heavy (non-hydrogen) atoms. The predicted octanol–water partition coefficient (Wildman–Crippen LogP) is 5.19. The number of hydrogen-bond donors (Lipinski definition) is 1. The van der Waals surface area contributed by atoms with Crippen molar-refractivity contribution < 1.29 is 4.79 Å². The molecule has 3 rings (SSSR count). The molecular formula is C17H13ClN2OS2. The van der Waals surface area contributed by atoms with Gasteiger partial charge in [0.1, 0.15) is 0 Å². The van der Waals surface area contributed by atoms with E-state index in [2.05, 4.69) is 10.3 Å². The zero-order chi connectivity index (χ0) is 16.1. The molecule has 6 heteroatoms. The van der Waals surface area contributed by atoms with E-state index < -0.39 is 0 Å². The molecular weight excluding hydrogens is 348 g/mol. The number of aromatic nitrogens is 1. The van der Waals surface area contributed by atoms with Crippen molar-refractivity contribution in [3.8, 4) is 11.3 Å². The smallest absolute Gasteiger partial charge is 0.234 e. The van der Waals surface area contributed by atoms with Gasteiger partial charge in [-0.2, -0.15) is 0 Å². The first kappa shape index (κ1) is 16.1. The first-order chi connectivity index (χ1) is 11.2. The molecule has 0 aliphatic carbocycles. The van der Waals surface area contributed by atoms with E-state index >= 15 is 0 Å². The summed E-state index contributed by atoms with van der Waals surface area (Å²) in [6, 6.07) is 17.1. The van der Waals surface area contributed by atoms with E-state index in [0.717, 1.165) is 21.3 Å². The molecule has 2 aromatic carbocycles. The fourth-order valence-corrected chi connectivity index (χ4v) is 3.68. The van der Waals surface area contributed by atoms with Crippen LogP contribution in [0.5, 0.6) is 0 Å². The Kier molecular flexibility index (Phi) is 5.33. The summed E-state index contributed by atoms with van der Waals surface area (Å²) in [5.74, 6) is 0.262. The number of anilines is 1. The van der Waals surface area contributed by atoms with Gasteiger partial charge < -0.3 is 5.32 Å². The van der Waals surface area contributed by atoms with Crippen molar-refractivity contribution in [2.24, 2.45) is 0 Å². The second-order valence-electron chi connectivity index (χ2n) is 4.71. The zero-order valence-electron chi connectivity index (χ0n) is 12.0. The van der Waals surface area contributed by atoms with E-state index in [0.29, 0.717) is 10.8 Å². The lowest BCUT2D eigenvalue weighted by Crippen LogP contribution is -2.13. The molecule has 0 fully saturated rings. The molecule has 0 saturated heterocycles. The van der Waals surface area contributed by atoms with Crippen LogP contribution in [0.1, 0.15) is 0 Å². The van der Waals surface area contributed by atoms with Gasteiger partial charge in [-0.3, -0.25) is 4.79 Å². The molecule has 0 aliphatic rings. The molecule has 0 bridgehead atoms. The van der Waals surface area contributed by atoms with Crippen LogP contribution >= 0.6 is 34.7 Å². The first-order valence-corrected chi connectivity index (χ1v) is 9.14. The number of carbonyl (C=O) groups is 1. The van der Waals surface area contributed by atoms with Gasteiger partial charge >= 0.3 is 0 Å². The number of amides is 1. The summed E-state index contributed by atoms with van der Waals surface area (Å²) in [7, 11) is 0. The lowest BCUT2D eigenvalue weighted by atomic mass is 10.2. The summed E-state index contributed by atoms with van der Waals surface area (Å²) in [5, 5.41) is 5.49. The predicted molar refractivity (Wildman–Crippen MR) is 98.4 cm³/mol. The summed E-state index contributed by atoms with van der Waals surface area (Å²) in [6.45, 7) is 0. The number of thiazole rings is 1. The number of hydrogen-bond acceptors (Lipinski definition) is 4. The van der Waals surface area contributed by atoms with E-state index in [1.54, 1.807) is 35.6 Å². The second-order valence-corrected chi connectivity index (χ2v) is 7.23. The highest BCUT2D eigenvalue weighted by atomic mass is 35.5. The van der Waals surface area contributed by atoms with E-state index in [1.807, 2.05) is 35.7 Å². The average Bonchev–Trinajstić information content (AvgIpc) is 3.05. The minimum absolute atomic E-state index is 0.0613. The highest BCUT2D eigenvalue weighted by Gasteiger charge is 2.08. The fourth-order valence-electron chi connectivity index (χ4n) is 1.92. The Hall–Kier alpha value is -1.82. The minimum atomic E-state index is -0.0613. The van der Waals surface area contributed by atoms with Crippen LogP contribution in [0.25, 0.3) is 11.3 Å². The first-order valence-electron chi connectivity index (χ1n) is 6.90. The number of carbonyl (C=O) groups excluding carboxylic acids is 1. The molecule has 0 aliphatic heterocycles. The Bertz CT molecular complexity index is 788. The number of thioether (sulfide) groups is 1. The SMILES string of the molecule is O=C(CSc1nc(-c2ccccc2)cs1)Nc1ccc(Cl)cc1. The van der Waals surface area contributed by atoms with E-state index in [-0.39, 0.29) is 5.91 Å². The molecule has 3 aromatic rings. The fraction of sp³-hybridized carbons (Fsp3) is 0.0588. The summed E-state index contributed by atoms with van der Waals surface area (Å²) >= 11 is 8.80. The Labute approximate surface area is 147 Å². The molecule has 1 heterocycles. The van der Waals surface area contributed by atoms with Crippen molar-refractivity contribution in [2.75, 3.05) is 11.1 Å². The average molecular weight is 361 g/mol. The molecule has 3 nitrogen and oxygen atoms in total. The van der Waals surface area contributed by atoms with Gasteiger partial charge in [0, 0.05) is 21.7 Å². The third kappa shape index (κ3) is 4.58. The van der Waals surface area contributed by atoms with Gasteiger partial charge in [-0.05, 0) is 24.3 Å². The van der Waals surface area contributed by atoms with Crippen LogP contribution in [0.15, 0.2) is 64.3 Å². The maximum atomic E-state index is 12.0. The Morgan fingerprint density at radius 1 is 1.13 bits per heavy atom. The Morgan fingerprint density at radius 2 is 1.87 bits per heavy atom. The maximum Gasteiger partial charge on any atom is 0.234 e. The molecule has 0 radical (unpaired) electrons. The molecule has 0 saturated carbocycles. The molecule has 1 N–H and O–H groups in total. The van der Waals surface area contributed by atoms with Gasteiger partial charge in [-0.15, -0.1) is 11.3 Å². The number of nitrogens with one attached hydrogen (secondary N) is 1. The third-order valence-electron chi connectivity index (χ3n) is 3.01. The van der Waals surface area contributed by atoms with Gasteiger partial charge in [-0.1, -0.05) is 53.7 Å². The summed E-state index contributed by atoms with van der Waals surface area (Å²) < 4.78 is 0.884. The topological polar surface area (TPSA) is 42.0 Å². The minimum Gasteiger partial charge on any atom is -0.325 e. The van der Waals surface area contributed by atoms with Crippen LogP contribution in [0.3, 0.4) is 0 Å². The van der Waals surface area contributed by atoms with Gasteiger partial charge in [0.15, 0.2) is 4.34 Å². The van der Waals surface area contributed by atoms with Crippen LogP contribution in [0.4, 0.5) is 5.69 Å². The van der Waals surface area contributed by atoms with Crippen LogP contribution in [-0.2, 0) is 4.79 Å². The number of nitrogens with zero attached hydrogens (tertiary/aromatic N) is 1. The summed E-state index contributed by atoms with van der Waals surface area (Å²) in [6.07, 6.45) is 0.